The molecule has 1 aromatic carbocycles. The molecule has 0 aromatic heterocycles. The third-order valence-corrected chi connectivity index (χ3v) is 2.04. The van der Waals surface area contributed by atoms with Crippen molar-refractivity contribution in [3.05, 3.63) is 24.3 Å². The normalized spacial score (nSPS) is 10.2. The molecule has 0 bridgehead atoms. The van der Waals surface area contributed by atoms with Gasteiger partial charge in [-0.05, 0) is 12.1 Å². The summed E-state index contributed by atoms with van der Waals surface area (Å²) in [6.07, 6.45) is 0. The molecular formula is C6H8AlO8S2Zn. The van der Waals surface area contributed by atoms with Crippen molar-refractivity contribution < 1.29 is 55.1 Å². The van der Waals surface area contributed by atoms with Gasteiger partial charge in [-0.3, -0.25) is 13.7 Å². The molecular weight excluding hydrogens is 357 g/mol. The van der Waals surface area contributed by atoms with Gasteiger partial charge in [0, 0.05) is 36.8 Å². The molecule has 0 fully saturated rings. The Morgan fingerprint density at radius 1 is 0.889 bits per heavy atom. The van der Waals surface area contributed by atoms with E-state index >= 15 is 0 Å². The number of phenols is 1. The third kappa shape index (κ3) is 12.4. The Bertz CT molecular complexity index is 547. The van der Waals surface area contributed by atoms with Gasteiger partial charge in [0.2, 0.25) is 0 Å². The van der Waals surface area contributed by atoms with E-state index in [9.17, 15) is 8.42 Å². The largest absolute Gasteiger partial charge is 0.506 e. The second-order valence-electron chi connectivity index (χ2n) is 2.39. The third-order valence-electron chi connectivity index (χ3n) is 1.14. The molecule has 0 saturated carbocycles. The maximum Gasteiger partial charge on any atom is 0.394 e. The summed E-state index contributed by atoms with van der Waals surface area (Å²) in [6, 6.07) is 5.17. The summed E-state index contributed by atoms with van der Waals surface area (Å²) in [4.78, 5) is -0.472. The summed E-state index contributed by atoms with van der Waals surface area (Å²) in [5.74, 6) is -0.449. The van der Waals surface area contributed by atoms with E-state index < -0.39 is 31.2 Å². The van der Waals surface area contributed by atoms with Gasteiger partial charge in [-0.1, -0.05) is 12.1 Å². The van der Waals surface area contributed by atoms with E-state index in [2.05, 4.69) is 0 Å². The van der Waals surface area contributed by atoms with Crippen LogP contribution in [0.1, 0.15) is 0 Å². The second-order valence-corrected chi connectivity index (χ2v) is 4.68. The van der Waals surface area contributed by atoms with E-state index in [1.54, 1.807) is 0 Å². The van der Waals surface area contributed by atoms with Crippen LogP contribution in [-0.2, 0) is 40.0 Å². The molecule has 0 saturated heterocycles. The van der Waals surface area contributed by atoms with E-state index in [0.29, 0.717) is 0 Å². The summed E-state index contributed by atoms with van der Waals surface area (Å²) in [7, 11) is -8.95. The molecule has 0 aliphatic heterocycles. The number of benzene rings is 1. The Labute approximate surface area is 127 Å². The smallest absolute Gasteiger partial charge is 0.394 e. The van der Waals surface area contributed by atoms with Crippen LogP contribution < -0.4 is 0 Å². The van der Waals surface area contributed by atoms with Gasteiger partial charge in [-0.25, -0.2) is 0 Å². The van der Waals surface area contributed by atoms with Crippen molar-refractivity contribution in [1.29, 1.82) is 0 Å². The first kappa shape index (κ1) is 23.1. The van der Waals surface area contributed by atoms with E-state index in [4.69, 9.17) is 27.2 Å². The molecule has 0 spiro atoms. The molecule has 18 heavy (non-hydrogen) atoms. The van der Waals surface area contributed by atoms with Crippen LogP contribution in [0.15, 0.2) is 29.2 Å². The predicted molar refractivity (Wildman–Crippen MR) is 57.9 cm³/mol. The molecule has 0 aliphatic rings. The van der Waals surface area contributed by atoms with Gasteiger partial charge in [0.25, 0.3) is 10.1 Å². The fourth-order valence-corrected chi connectivity index (χ4v) is 1.26. The van der Waals surface area contributed by atoms with E-state index in [1.165, 1.54) is 18.2 Å². The number of phenolic OH excluding ortho intramolecular Hbond substituents is 1. The van der Waals surface area contributed by atoms with Gasteiger partial charge >= 0.3 is 10.4 Å². The second kappa shape index (κ2) is 8.95. The molecule has 97 valence electrons. The van der Waals surface area contributed by atoms with Gasteiger partial charge in [0.05, 0.1) is 0 Å². The van der Waals surface area contributed by atoms with Crippen LogP contribution in [0, 0.1) is 0 Å². The molecule has 3 radical (unpaired) electrons. The first-order chi connectivity index (χ1) is 7.02. The van der Waals surface area contributed by atoms with Crippen LogP contribution in [0.5, 0.6) is 5.75 Å². The van der Waals surface area contributed by atoms with Crippen molar-refractivity contribution in [3.8, 4) is 5.75 Å². The minimum absolute atomic E-state index is 0. The average molecular weight is 365 g/mol. The summed E-state index contributed by atoms with van der Waals surface area (Å²) < 4.78 is 61.0. The minimum atomic E-state index is -4.67. The molecule has 1 aromatic rings. The standard InChI is InChI=1S/C6H6O4S.Al.H2O4S.Zn/c7-5-3-1-2-4-6(5)11(8,9)10;;1-5(2,3)4;/h1-4,7H,(H,8,9,10);;(H2,1,2,3,4);. The molecule has 0 amide bonds. The number of hydrogen-bond donors (Lipinski definition) is 4. The van der Waals surface area contributed by atoms with Crippen LogP contribution in [0.25, 0.3) is 0 Å². The summed E-state index contributed by atoms with van der Waals surface area (Å²) >= 11 is 0. The minimum Gasteiger partial charge on any atom is -0.506 e. The fraction of sp³-hybridized carbons (Fsp3) is 0. The molecule has 8 nitrogen and oxygen atoms in total. The molecule has 0 heterocycles. The zero-order valence-electron chi connectivity index (χ0n) is 8.83. The van der Waals surface area contributed by atoms with Crippen LogP contribution in [0.4, 0.5) is 0 Å². The Morgan fingerprint density at radius 2 is 1.22 bits per heavy atom. The van der Waals surface area contributed by atoms with Gasteiger partial charge in [-0.2, -0.15) is 16.8 Å². The monoisotopic (exact) mass is 363 g/mol. The number of para-hydroxylation sites is 1. The SMILES string of the molecule is O=S(=O)(O)O.O=S(=O)(O)c1ccccc1O.[Al].[Zn]. The van der Waals surface area contributed by atoms with Crippen LogP contribution >= 0.6 is 0 Å². The molecule has 12 heteroatoms. The first-order valence-electron chi connectivity index (χ1n) is 3.47. The molecule has 1 rings (SSSR count). The van der Waals surface area contributed by atoms with E-state index in [0.717, 1.165) is 6.07 Å². The van der Waals surface area contributed by atoms with Crippen molar-refractivity contribution in [2.45, 2.75) is 4.90 Å². The van der Waals surface area contributed by atoms with Crippen molar-refractivity contribution in [1.82, 2.24) is 0 Å². The maximum atomic E-state index is 10.4. The molecule has 0 unspecified atom stereocenters. The van der Waals surface area contributed by atoms with Crippen molar-refractivity contribution in [3.63, 3.8) is 0 Å². The zero-order valence-corrected chi connectivity index (χ0v) is 14.6. The zero-order chi connectivity index (χ0) is 13.0. The maximum absolute atomic E-state index is 10.4. The molecule has 0 aliphatic carbocycles. The van der Waals surface area contributed by atoms with E-state index in [1.807, 2.05) is 0 Å². The summed E-state index contributed by atoms with van der Waals surface area (Å²) in [5, 5.41) is 8.91. The van der Waals surface area contributed by atoms with Gasteiger partial charge in [0.15, 0.2) is 0 Å². The number of hydrogen-bond acceptors (Lipinski definition) is 5. The first-order valence-corrected chi connectivity index (χ1v) is 6.31. The predicted octanol–water partition coefficient (Wildman–Crippen LogP) is -0.397. The average Bonchev–Trinajstić information content (AvgIpc) is 1.99. The number of aromatic hydroxyl groups is 1. The Kier molecular flexibility index (Phi) is 11.5. The molecule has 4 N–H and O–H groups in total. The van der Waals surface area contributed by atoms with Gasteiger partial charge < -0.3 is 5.11 Å². The summed E-state index contributed by atoms with van der Waals surface area (Å²) in [6.45, 7) is 0. The Hall–Kier alpha value is -0.0442. The molecule has 0 atom stereocenters. The Morgan fingerprint density at radius 3 is 1.44 bits per heavy atom. The number of rotatable bonds is 1. The Balaban J connectivity index is -0.000000282. The fourth-order valence-electron chi connectivity index (χ4n) is 0.675. The summed E-state index contributed by atoms with van der Waals surface area (Å²) in [5.41, 5.74) is 0. The van der Waals surface area contributed by atoms with Crippen LogP contribution in [0.3, 0.4) is 0 Å². The van der Waals surface area contributed by atoms with E-state index in [-0.39, 0.29) is 36.8 Å². The van der Waals surface area contributed by atoms with Crippen molar-refractivity contribution >= 4 is 37.9 Å². The topological polar surface area (TPSA) is 149 Å². The van der Waals surface area contributed by atoms with Gasteiger partial charge in [-0.15, -0.1) is 0 Å². The van der Waals surface area contributed by atoms with Crippen molar-refractivity contribution in [2.24, 2.45) is 0 Å². The van der Waals surface area contributed by atoms with Crippen molar-refractivity contribution in [2.75, 3.05) is 0 Å². The quantitative estimate of drug-likeness (QED) is 0.388. The van der Waals surface area contributed by atoms with Crippen LogP contribution in [0.2, 0.25) is 0 Å². The van der Waals surface area contributed by atoms with Gasteiger partial charge in [0.1, 0.15) is 10.6 Å². The van der Waals surface area contributed by atoms with Crippen LogP contribution in [-0.4, -0.2) is 53.0 Å².